The Morgan fingerprint density at radius 3 is 2.70 bits per heavy atom. The van der Waals surface area contributed by atoms with Crippen LogP contribution in [0, 0.1) is 5.92 Å². The highest BCUT2D eigenvalue weighted by Gasteiger charge is 2.28. The zero-order valence-electron chi connectivity index (χ0n) is 16.4. The lowest BCUT2D eigenvalue weighted by atomic mass is 9.89. The highest BCUT2D eigenvalue weighted by molar-refractivity contribution is 7.99. The molecule has 1 atom stereocenters. The summed E-state index contributed by atoms with van der Waals surface area (Å²) in [7, 11) is 0. The van der Waals surface area contributed by atoms with E-state index in [0.717, 1.165) is 18.4 Å². The molecule has 1 aliphatic heterocycles. The zero-order valence-corrected chi connectivity index (χ0v) is 17.2. The molecular weight excluding hydrogens is 402 g/mol. The van der Waals surface area contributed by atoms with Crippen LogP contribution in [0.1, 0.15) is 31.1 Å². The van der Waals surface area contributed by atoms with E-state index in [-0.39, 0.29) is 11.8 Å². The molecule has 156 valence electrons. The van der Waals surface area contributed by atoms with E-state index in [0.29, 0.717) is 42.1 Å². The number of thioether (sulfide) groups is 1. The van der Waals surface area contributed by atoms with Crippen LogP contribution in [0.15, 0.2) is 58.6 Å². The lowest BCUT2D eigenvalue weighted by Crippen LogP contribution is -2.40. The Morgan fingerprint density at radius 1 is 1.17 bits per heavy atom. The van der Waals surface area contributed by atoms with Gasteiger partial charge in [-0.25, -0.2) is 0 Å². The van der Waals surface area contributed by atoms with Gasteiger partial charge in [0.05, 0.1) is 11.8 Å². The Morgan fingerprint density at radius 2 is 1.97 bits per heavy atom. The number of aliphatic hydroxyl groups is 1. The average Bonchev–Trinajstić information content (AvgIpc) is 3.29. The van der Waals surface area contributed by atoms with Gasteiger partial charge in [-0.3, -0.25) is 14.8 Å². The van der Waals surface area contributed by atoms with Gasteiger partial charge in [0.1, 0.15) is 0 Å². The van der Waals surface area contributed by atoms with Crippen LogP contribution in [0.5, 0.6) is 0 Å². The number of aliphatic hydroxyl groups excluding tert-OH is 1. The second-order valence-electron chi connectivity index (χ2n) is 7.13. The van der Waals surface area contributed by atoms with Gasteiger partial charge in [-0.15, -0.1) is 10.2 Å². The van der Waals surface area contributed by atoms with Crippen LogP contribution in [-0.2, 0) is 4.79 Å². The van der Waals surface area contributed by atoms with Crippen molar-refractivity contribution in [3.05, 3.63) is 54.6 Å². The number of pyridine rings is 2. The normalized spacial score (nSPS) is 15.8. The number of nitrogens with zero attached hydrogens (tertiary/aromatic N) is 5. The molecule has 8 nitrogen and oxygen atoms in total. The van der Waals surface area contributed by atoms with E-state index in [1.165, 1.54) is 11.8 Å². The number of aromatic nitrogens is 4. The fourth-order valence-electron chi connectivity index (χ4n) is 3.52. The van der Waals surface area contributed by atoms with Gasteiger partial charge in [0.15, 0.2) is 0 Å². The SMILES string of the molecule is O=C(CCSc1nnc(-c2ccncc2)o1)N1CCC(C(O)c2ccccn2)CC1. The number of rotatable bonds is 7. The molecule has 1 unspecified atom stereocenters. The molecule has 1 amide bonds. The molecule has 1 aliphatic rings. The van der Waals surface area contributed by atoms with E-state index in [9.17, 15) is 9.90 Å². The number of hydrogen-bond acceptors (Lipinski definition) is 8. The van der Waals surface area contributed by atoms with Crippen LogP contribution in [0.25, 0.3) is 11.5 Å². The van der Waals surface area contributed by atoms with E-state index < -0.39 is 6.10 Å². The van der Waals surface area contributed by atoms with Crippen LogP contribution in [0.2, 0.25) is 0 Å². The first kappa shape index (κ1) is 20.5. The van der Waals surface area contributed by atoms with Crippen LogP contribution >= 0.6 is 11.8 Å². The molecule has 1 fully saturated rings. The predicted molar refractivity (Wildman–Crippen MR) is 111 cm³/mol. The third-order valence-electron chi connectivity index (χ3n) is 5.20. The minimum Gasteiger partial charge on any atom is -0.411 e. The van der Waals surface area contributed by atoms with Crippen molar-refractivity contribution in [3.8, 4) is 11.5 Å². The second-order valence-corrected chi connectivity index (χ2v) is 8.17. The molecule has 0 radical (unpaired) electrons. The minimum absolute atomic E-state index is 0.113. The van der Waals surface area contributed by atoms with Gasteiger partial charge in [-0.1, -0.05) is 17.8 Å². The van der Waals surface area contributed by atoms with Gasteiger partial charge in [-0.05, 0) is 43.0 Å². The van der Waals surface area contributed by atoms with Crippen molar-refractivity contribution in [1.82, 2.24) is 25.1 Å². The Balaban J connectivity index is 1.21. The van der Waals surface area contributed by atoms with Crippen LogP contribution < -0.4 is 0 Å². The molecule has 0 bridgehead atoms. The molecule has 30 heavy (non-hydrogen) atoms. The van der Waals surface area contributed by atoms with Crippen LogP contribution in [0.4, 0.5) is 0 Å². The highest BCUT2D eigenvalue weighted by atomic mass is 32.2. The lowest BCUT2D eigenvalue weighted by molar-refractivity contribution is -0.132. The van der Waals surface area contributed by atoms with Gasteiger partial charge >= 0.3 is 0 Å². The maximum Gasteiger partial charge on any atom is 0.276 e. The van der Waals surface area contributed by atoms with Crippen molar-refractivity contribution in [3.63, 3.8) is 0 Å². The number of likely N-dealkylation sites (tertiary alicyclic amines) is 1. The number of carbonyl (C=O) groups excluding carboxylic acids is 1. The molecule has 0 spiro atoms. The van der Waals surface area contributed by atoms with Gasteiger partial charge < -0.3 is 14.4 Å². The molecule has 1 N–H and O–H groups in total. The van der Waals surface area contributed by atoms with Crippen molar-refractivity contribution >= 4 is 17.7 Å². The molecule has 4 rings (SSSR count). The Hall–Kier alpha value is -2.78. The third kappa shape index (κ3) is 5.03. The first-order valence-corrected chi connectivity index (χ1v) is 10.9. The first-order chi connectivity index (χ1) is 14.7. The largest absolute Gasteiger partial charge is 0.411 e. The van der Waals surface area contributed by atoms with Gasteiger partial charge in [-0.2, -0.15) is 0 Å². The van der Waals surface area contributed by atoms with E-state index in [4.69, 9.17) is 4.42 Å². The molecule has 1 saturated heterocycles. The lowest BCUT2D eigenvalue weighted by Gasteiger charge is -2.34. The van der Waals surface area contributed by atoms with E-state index in [1.807, 2.05) is 23.1 Å². The fraction of sp³-hybridized carbons (Fsp3) is 0.381. The second kappa shape index (κ2) is 9.82. The average molecular weight is 426 g/mol. The zero-order chi connectivity index (χ0) is 20.8. The monoisotopic (exact) mass is 425 g/mol. The maximum atomic E-state index is 12.5. The van der Waals surface area contributed by atoms with Crippen molar-refractivity contribution in [2.24, 2.45) is 5.92 Å². The van der Waals surface area contributed by atoms with E-state index in [1.54, 1.807) is 30.7 Å². The third-order valence-corrected chi connectivity index (χ3v) is 6.03. The fourth-order valence-corrected chi connectivity index (χ4v) is 4.21. The Kier molecular flexibility index (Phi) is 6.70. The summed E-state index contributed by atoms with van der Waals surface area (Å²) in [5, 5.41) is 19.0. The Labute approximate surface area is 178 Å². The minimum atomic E-state index is -0.578. The number of hydrogen-bond donors (Lipinski definition) is 1. The van der Waals surface area contributed by atoms with Gasteiger partial charge in [0.2, 0.25) is 11.8 Å². The molecule has 9 heteroatoms. The maximum absolute atomic E-state index is 12.5. The molecule has 3 aromatic heterocycles. The van der Waals surface area contributed by atoms with Crippen LogP contribution in [-0.4, -0.2) is 54.9 Å². The Bertz CT molecular complexity index is 946. The van der Waals surface area contributed by atoms with Crippen molar-refractivity contribution in [1.29, 1.82) is 0 Å². The summed E-state index contributed by atoms with van der Waals surface area (Å²) in [5.41, 5.74) is 1.51. The first-order valence-electron chi connectivity index (χ1n) is 9.94. The van der Waals surface area contributed by atoms with Crippen molar-refractivity contribution in [2.75, 3.05) is 18.8 Å². The molecule has 0 saturated carbocycles. The summed E-state index contributed by atoms with van der Waals surface area (Å²) >= 11 is 1.38. The molecule has 0 aromatic carbocycles. The van der Waals surface area contributed by atoms with Gasteiger partial charge in [0.25, 0.3) is 5.22 Å². The highest BCUT2D eigenvalue weighted by Crippen LogP contribution is 2.30. The number of carbonyl (C=O) groups is 1. The van der Waals surface area contributed by atoms with Crippen molar-refractivity contribution in [2.45, 2.75) is 30.6 Å². The van der Waals surface area contributed by atoms with Crippen LogP contribution in [0.3, 0.4) is 0 Å². The molecule has 3 aromatic rings. The van der Waals surface area contributed by atoms with E-state index in [2.05, 4.69) is 20.2 Å². The number of piperidine rings is 1. The predicted octanol–water partition coefficient (Wildman–Crippen LogP) is 2.98. The van der Waals surface area contributed by atoms with Gasteiger partial charge in [0, 0.05) is 49.4 Å². The molecular formula is C21H23N5O3S. The number of amides is 1. The standard InChI is InChI=1S/C21H23N5O3S/c27-18(8-14-30-21-25-24-20(29-21)16-4-10-22-11-5-16)26-12-6-15(7-13-26)19(28)17-3-1-2-9-23-17/h1-5,9-11,15,19,28H,6-8,12-14H2. The molecule has 4 heterocycles. The summed E-state index contributed by atoms with van der Waals surface area (Å²) in [6.45, 7) is 1.32. The topological polar surface area (TPSA) is 105 Å². The van der Waals surface area contributed by atoms with E-state index >= 15 is 0 Å². The summed E-state index contributed by atoms with van der Waals surface area (Å²) in [5.74, 6) is 1.26. The summed E-state index contributed by atoms with van der Waals surface area (Å²) in [6.07, 6.45) is 6.41. The molecule has 0 aliphatic carbocycles. The summed E-state index contributed by atoms with van der Waals surface area (Å²) in [4.78, 5) is 22.6. The summed E-state index contributed by atoms with van der Waals surface area (Å²) < 4.78 is 5.63. The van der Waals surface area contributed by atoms with Crippen molar-refractivity contribution < 1.29 is 14.3 Å². The summed E-state index contributed by atoms with van der Waals surface area (Å²) in [6, 6.07) is 9.17. The smallest absolute Gasteiger partial charge is 0.276 e. The quantitative estimate of drug-likeness (QED) is 0.576.